The van der Waals surface area contributed by atoms with Crippen LogP contribution >= 0.6 is 11.3 Å². The lowest BCUT2D eigenvalue weighted by atomic mass is 10.1. The first-order valence-electron chi connectivity index (χ1n) is 6.95. The van der Waals surface area contributed by atoms with Crippen LogP contribution in [0, 0.1) is 0 Å². The lowest BCUT2D eigenvalue weighted by Crippen LogP contribution is -2.45. The molecule has 2 heterocycles. The van der Waals surface area contributed by atoms with Crippen LogP contribution in [0.15, 0.2) is 40.6 Å². The number of sulfonamides is 1. The van der Waals surface area contributed by atoms with Gasteiger partial charge in [0.1, 0.15) is 10.3 Å². The molecule has 2 N–H and O–H groups in total. The second kappa shape index (κ2) is 5.40. The van der Waals surface area contributed by atoms with Crippen LogP contribution in [0.25, 0.3) is 0 Å². The predicted octanol–water partition coefficient (Wildman–Crippen LogP) is 1.92. The minimum atomic E-state index is -3.78. The van der Waals surface area contributed by atoms with Crippen molar-refractivity contribution in [2.75, 3.05) is 4.31 Å². The number of nitrogens with two attached hydrogens (primary N) is 1. The Balaban J connectivity index is 2.12. The average Bonchev–Trinajstić information content (AvgIpc) is 3.12. The fraction of sp³-hybridized carbons (Fsp3) is 0.267. The lowest BCUT2D eigenvalue weighted by Gasteiger charge is -2.24. The molecule has 5 nitrogen and oxygen atoms in total. The van der Waals surface area contributed by atoms with Crippen molar-refractivity contribution in [2.45, 2.75) is 30.0 Å². The number of hydrogen-bond acceptors (Lipinski definition) is 4. The Labute approximate surface area is 133 Å². The Morgan fingerprint density at radius 1 is 1.32 bits per heavy atom. The van der Waals surface area contributed by atoms with E-state index in [2.05, 4.69) is 0 Å². The predicted molar refractivity (Wildman–Crippen MR) is 86.5 cm³/mol. The molecule has 0 radical (unpaired) electrons. The number of primary amides is 1. The molecule has 7 heteroatoms. The highest BCUT2D eigenvalue weighted by atomic mass is 32.2. The first kappa shape index (κ1) is 15.1. The Morgan fingerprint density at radius 2 is 2.05 bits per heavy atom. The molecule has 1 aliphatic rings. The van der Waals surface area contributed by atoms with Crippen LogP contribution in [0.2, 0.25) is 0 Å². The van der Waals surface area contributed by atoms with E-state index >= 15 is 0 Å². The molecule has 0 saturated carbocycles. The summed E-state index contributed by atoms with van der Waals surface area (Å²) in [4.78, 5) is 12.7. The van der Waals surface area contributed by atoms with Gasteiger partial charge in [-0.1, -0.05) is 25.1 Å². The number of aryl methyl sites for hydroxylation is 1. The van der Waals surface area contributed by atoms with Crippen molar-refractivity contribution in [3.05, 3.63) is 46.8 Å². The van der Waals surface area contributed by atoms with Crippen LogP contribution in [0.3, 0.4) is 0 Å². The van der Waals surface area contributed by atoms with Gasteiger partial charge in [-0.05, 0) is 30.2 Å². The van der Waals surface area contributed by atoms with Gasteiger partial charge in [-0.25, -0.2) is 8.42 Å². The van der Waals surface area contributed by atoms with Crippen LogP contribution < -0.4 is 10.0 Å². The maximum Gasteiger partial charge on any atom is 0.274 e. The van der Waals surface area contributed by atoms with Crippen molar-refractivity contribution in [1.82, 2.24) is 0 Å². The zero-order valence-corrected chi connectivity index (χ0v) is 13.7. The Morgan fingerprint density at radius 3 is 2.68 bits per heavy atom. The first-order valence-corrected chi connectivity index (χ1v) is 9.21. The minimum Gasteiger partial charge on any atom is -0.368 e. The smallest absolute Gasteiger partial charge is 0.274 e. The molecule has 0 bridgehead atoms. The molecular weight excluding hydrogens is 320 g/mol. The standard InChI is InChI=1S/C15H16N2O3S2/c1-2-11-7-8-14(21-11)22(19,20)17-12-6-4-3-5-10(12)9-13(17)15(16)18/h3-8,13H,2,9H2,1H3,(H2,16,18). The molecule has 1 aromatic heterocycles. The third-order valence-corrected chi connectivity index (χ3v) is 7.27. The molecule has 2 aromatic rings. The van der Waals surface area contributed by atoms with Gasteiger partial charge in [0.2, 0.25) is 5.91 Å². The summed E-state index contributed by atoms with van der Waals surface area (Å²) in [5.74, 6) is -0.632. The van der Waals surface area contributed by atoms with Crippen molar-refractivity contribution in [3.63, 3.8) is 0 Å². The molecule has 116 valence electrons. The zero-order chi connectivity index (χ0) is 15.9. The summed E-state index contributed by atoms with van der Waals surface area (Å²) in [5, 5.41) is 0. The van der Waals surface area contributed by atoms with Crippen molar-refractivity contribution in [3.8, 4) is 0 Å². The highest BCUT2D eigenvalue weighted by molar-refractivity contribution is 7.94. The van der Waals surface area contributed by atoms with Gasteiger partial charge in [-0.2, -0.15) is 0 Å². The fourth-order valence-corrected chi connectivity index (χ4v) is 5.70. The van der Waals surface area contributed by atoms with Crippen LogP contribution in [-0.2, 0) is 27.7 Å². The second-order valence-corrected chi connectivity index (χ2v) is 8.34. The molecule has 1 amide bonds. The summed E-state index contributed by atoms with van der Waals surface area (Å²) in [7, 11) is -3.78. The van der Waals surface area contributed by atoms with E-state index in [1.54, 1.807) is 24.3 Å². The van der Waals surface area contributed by atoms with E-state index in [1.165, 1.54) is 15.6 Å². The highest BCUT2D eigenvalue weighted by Crippen LogP contribution is 2.38. The van der Waals surface area contributed by atoms with Gasteiger partial charge in [-0.3, -0.25) is 9.10 Å². The van der Waals surface area contributed by atoms with Crippen LogP contribution in [0.1, 0.15) is 17.4 Å². The van der Waals surface area contributed by atoms with E-state index in [9.17, 15) is 13.2 Å². The van der Waals surface area contributed by atoms with E-state index in [0.29, 0.717) is 12.1 Å². The van der Waals surface area contributed by atoms with Gasteiger partial charge >= 0.3 is 0 Å². The number of para-hydroxylation sites is 1. The van der Waals surface area contributed by atoms with Crippen LogP contribution in [-0.4, -0.2) is 20.4 Å². The number of nitrogens with zero attached hydrogens (tertiary/aromatic N) is 1. The van der Waals surface area contributed by atoms with E-state index in [-0.39, 0.29) is 4.21 Å². The van der Waals surface area contributed by atoms with E-state index in [4.69, 9.17) is 5.73 Å². The molecule has 1 aliphatic heterocycles. The lowest BCUT2D eigenvalue weighted by molar-refractivity contribution is -0.118. The van der Waals surface area contributed by atoms with Gasteiger partial charge in [0.05, 0.1) is 5.69 Å². The molecule has 1 atom stereocenters. The third kappa shape index (κ3) is 2.30. The summed E-state index contributed by atoms with van der Waals surface area (Å²) in [6.45, 7) is 1.97. The molecule has 0 saturated heterocycles. The van der Waals surface area contributed by atoms with E-state index < -0.39 is 22.0 Å². The van der Waals surface area contributed by atoms with Gasteiger partial charge in [0, 0.05) is 11.3 Å². The van der Waals surface area contributed by atoms with Gasteiger partial charge in [0.25, 0.3) is 10.0 Å². The van der Waals surface area contributed by atoms with Gasteiger partial charge in [-0.15, -0.1) is 11.3 Å². The number of carbonyl (C=O) groups is 1. The molecule has 0 aliphatic carbocycles. The normalized spacial score (nSPS) is 17.5. The Kier molecular flexibility index (Phi) is 3.70. The maximum absolute atomic E-state index is 13.0. The van der Waals surface area contributed by atoms with Crippen molar-refractivity contribution < 1.29 is 13.2 Å². The van der Waals surface area contributed by atoms with Gasteiger partial charge in [0.15, 0.2) is 0 Å². The Bertz CT molecular complexity index is 827. The number of thiophene rings is 1. The summed E-state index contributed by atoms with van der Waals surface area (Å²) in [6, 6.07) is 9.66. The molecule has 22 heavy (non-hydrogen) atoms. The number of benzene rings is 1. The van der Waals surface area contributed by atoms with Crippen molar-refractivity contribution >= 4 is 33.0 Å². The summed E-state index contributed by atoms with van der Waals surface area (Å²) < 4.78 is 27.4. The number of hydrogen-bond donors (Lipinski definition) is 1. The monoisotopic (exact) mass is 336 g/mol. The second-order valence-electron chi connectivity index (χ2n) is 5.13. The third-order valence-electron chi connectivity index (χ3n) is 3.75. The Hall–Kier alpha value is -1.86. The minimum absolute atomic E-state index is 0.243. The average molecular weight is 336 g/mol. The number of carbonyl (C=O) groups excluding carboxylic acids is 1. The fourth-order valence-electron chi connectivity index (χ4n) is 2.65. The van der Waals surface area contributed by atoms with Gasteiger partial charge < -0.3 is 5.73 Å². The van der Waals surface area contributed by atoms with Crippen molar-refractivity contribution in [2.24, 2.45) is 5.73 Å². The molecule has 0 fully saturated rings. The SMILES string of the molecule is CCc1ccc(S(=O)(=O)N2c3ccccc3CC2C(N)=O)s1. The first-order chi connectivity index (χ1) is 10.4. The number of rotatable bonds is 4. The molecule has 1 aromatic carbocycles. The van der Waals surface area contributed by atoms with E-state index in [0.717, 1.165) is 16.9 Å². The molecule has 0 spiro atoms. The topological polar surface area (TPSA) is 80.5 Å². The quantitative estimate of drug-likeness (QED) is 0.926. The van der Waals surface area contributed by atoms with Crippen LogP contribution in [0.5, 0.6) is 0 Å². The maximum atomic E-state index is 13.0. The number of amides is 1. The summed E-state index contributed by atoms with van der Waals surface area (Å²) in [6.07, 6.45) is 1.09. The van der Waals surface area contributed by atoms with Crippen molar-refractivity contribution in [1.29, 1.82) is 0 Å². The van der Waals surface area contributed by atoms with E-state index in [1.807, 2.05) is 19.1 Å². The zero-order valence-electron chi connectivity index (χ0n) is 12.0. The summed E-state index contributed by atoms with van der Waals surface area (Å²) in [5.41, 5.74) is 6.79. The molecular formula is C15H16N2O3S2. The largest absolute Gasteiger partial charge is 0.368 e. The molecule has 1 unspecified atom stereocenters. The van der Waals surface area contributed by atoms with Crippen LogP contribution in [0.4, 0.5) is 5.69 Å². The number of fused-ring (bicyclic) bond motifs is 1. The summed E-state index contributed by atoms with van der Waals surface area (Å²) >= 11 is 1.23. The molecule has 3 rings (SSSR count). The highest BCUT2D eigenvalue weighted by Gasteiger charge is 2.41. The number of anilines is 1.